The van der Waals surface area contributed by atoms with Crippen LogP contribution in [0.4, 0.5) is 5.82 Å². The van der Waals surface area contributed by atoms with Gasteiger partial charge in [0.2, 0.25) is 0 Å². The monoisotopic (exact) mass is 642 g/mol. The van der Waals surface area contributed by atoms with Crippen molar-refractivity contribution in [1.29, 1.82) is 0 Å². The molecular formula is C36H58N4O4S. The van der Waals surface area contributed by atoms with Crippen molar-refractivity contribution in [2.75, 3.05) is 50.8 Å². The average Bonchev–Trinajstić information content (AvgIpc) is 3.05. The van der Waals surface area contributed by atoms with Crippen molar-refractivity contribution in [1.82, 2.24) is 15.2 Å². The Balaban J connectivity index is 1.07. The van der Waals surface area contributed by atoms with E-state index in [1.807, 2.05) is 19.1 Å². The van der Waals surface area contributed by atoms with E-state index < -0.39 is 10.1 Å². The van der Waals surface area contributed by atoms with Crippen LogP contribution >= 0.6 is 0 Å². The summed E-state index contributed by atoms with van der Waals surface area (Å²) in [4.78, 5) is 22.1. The first-order chi connectivity index (χ1) is 21.9. The van der Waals surface area contributed by atoms with Gasteiger partial charge in [0, 0.05) is 38.9 Å². The van der Waals surface area contributed by atoms with Crippen molar-refractivity contribution in [2.45, 2.75) is 115 Å². The number of rotatable bonds is 23. The minimum atomic E-state index is -3.64. The van der Waals surface area contributed by atoms with Crippen molar-refractivity contribution in [3.63, 3.8) is 0 Å². The molecule has 1 saturated heterocycles. The zero-order valence-electron chi connectivity index (χ0n) is 28.0. The number of piperazine rings is 1. The van der Waals surface area contributed by atoms with Crippen LogP contribution in [0.2, 0.25) is 0 Å². The molecule has 1 aliphatic heterocycles. The highest BCUT2D eigenvalue weighted by Gasteiger charge is 2.18. The summed E-state index contributed by atoms with van der Waals surface area (Å²) >= 11 is 0. The number of benzene rings is 1. The van der Waals surface area contributed by atoms with Crippen LogP contribution in [0.3, 0.4) is 0 Å². The number of carbonyl (C=O) groups excluding carboxylic acids is 1. The summed E-state index contributed by atoms with van der Waals surface area (Å²) in [5.74, 6) is 0.938. The first-order valence-corrected chi connectivity index (χ1v) is 19.0. The van der Waals surface area contributed by atoms with Gasteiger partial charge in [0.1, 0.15) is 5.82 Å². The summed E-state index contributed by atoms with van der Waals surface area (Å²) < 4.78 is 29.6. The molecule has 45 heavy (non-hydrogen) atoms. The molecule has 1 aromatic carbocycles. The Bertz CT molecular complexity index is 1180. The van der Waals surface area contributed by atoms with Crippen LogP contribution in [-0.2, 0) is 14.3 Å². The molecule has 0 atom stereocenters. The van der Waals surface area contributed by atoms with Crippen LogP contribution in [0, 0.1) is 6.92 Å². The highest BCUT2D eigenvalue weighted by molar-refractivity contribution is 7.86. The first kappa shape index (κ1) is 37.0. The maximum Gasteiger partial charge on any atom is 0.296 e. The second-order valence-electron chi connectivity index (χ2n) is 12.5. The average molecular weight is 643 g/mol. The fourth-order valence-corrected chi connectivity index (χ4v) is 6.76. The Kier molecular flexibility index (Phi) is 17.5. The Morgan fingerprint density at radius 1 is 0.778 bits per heavy atom. The molecule has 1 aromatic heterocycles. The molecule has 0 saturated carbocycles. The number of amides is 1. The van der Waals surface area contributed by atoms with E-state index in [1.165, 1.54) is 64.2 Å². The van der Waals surface area contributed by atoms with Crippen molar-refractivity contribution >= 4 is 21.8 Å². The zero-order chi connectivity index (χ0) is 32.2. The third kappa shape index (κ3) is 14.6. The van der Waals surface area contributed by atoms with Crippen LogP contribution in [-0.4, -0.2) is 70.1 Å². The Hall–Kier alpha value is -2.49. The topological polar surface area (TPSA) is 91.8 Å². The normalized spacial score (nSPS) is 14.1. The largest absolute Gasteiger partial charge is 0.354 e. The predicted octanol–water partition coefficient (Wildman–Crippen LogP) is 7.52. The lowest BCUT2D eigenvalue weighted by Crippen LogP contribution is -2.46. The molecule has 1 fully saturated rings. The summed E-state index contributed by atoms with van der Waals surface area (Å²) in [7, 11) is -3.64. The van der Waals surface area contributed by atoms with Crippen molar-refractivity contribution in [3.05, 3.63) is 53.7 Å². The smallest absolute Gasteiger partial charge is 0.296 e. The number of nitrogens with one attached hydrogen (secondary N) is 1. The van der Waals surface area contributed by atoms with Crippen molar-refractivity contribution in [2.24, 2.45) is 0 Å². The summed E-state index contributed by atoms with van der Waals surface area (Å²) in [6.45, 7) is 10.4. The van der Waals surface area contributed by atoms with E-state index in [9.17, 15) is 13.2 Å². The standard InChI is InChI=1S/C36H58N4O4S/c1-3-25-39-26-28-40(29-27-39)35-23-20-33(31-38-35)36(41)37-24-16-14-12-10-8-6-4-5-7-9-11-13-15-17-30-44-45(42,43)34-21-18-32(2)19-22-34/h18-23,31H,3-17,24-30H2,1-2H3,(H,37,41). The van der Waals surface area contributed by atoms with Crippen LogP contribution in [0.5, 0.6) is 0 Å². The van der Waals surface area contributed by atoms with Gasteiger partial charge in [0.15, 0.2) is 0 Å². The van der Waals surface area contributed by atoms with Crippen LogP contribution in [0.15, 0.2) is 47.5 Å². The highest BCUT2D eigenvalue weighted by atomic mass is 32.2. The number of aromatic nitrogens is 1. The number of hydrogen-bond donors (Lipinski definition) is 1. The van der Waals surface area contributed by atoms with Crippen LogP contribution < -0.4 is 10.2 Å². The highest BCUT2D eigenvalue weighted by Crippen LogP contribution is 2.17. The molecule has 3 rings (SSSR count). The molecule has 1 N–H and O–H groups in total. The molecule has 9 heteroatoms. The number of pyridine rings is 1. The van der Waals surface area contributed by atoms with E-state index in [0.29, 0.717) is 5.56 Å². The molecule has 2 aromatic rings. The summed E-state index contributed by atoms with van der Waals surface area (Å²) in [5.41, 5.74) is 1.67. The van der Waals surface area contributed by atoms with Crippen LogP contribution in [0.25, 0.3) is 0 Å². The maximum absolute atomic E-state index is 12.5. The van der Waals surface area contributed by atoms with Gasteiger partial charge in [-0.1, -0.05) is 102 Å². The molecule has 2 heterocycles. The number of aryl methyl sites for hydroxylation is 1. The third-order valence-electron chi connectivity index (χ3n) is 8.65. The van der Waals surface area contributed by atoms with E-state index in [-0.39, 0.29) is 17.4 Å². The summed E-state index contributed by atoms with van der Waals surface area (Å²) in [6.07, 6.45) is 19.5. The molecule has 1 amide bonds. The second kappa shape index (κ2) is 21.3. The molecule has 252 valence electrons. The lowest BCUT2D eigenvalue weighted by molar-refractivity contribution is 0.0952. The van der Waals surface area contributed by atoms with Gasteiger partial charge < -0.3 is 10.2 Å². The molecule has 1 aliphatic rings. The maximum atomic E-state index is 12.5. The predicted molar refractivity (Wildman–Crippen MR) is 184 cm³/mol. The van der Waals surface area contributed by atoms with Gasteiger partial charge in [0.25, 0.3) is 16.0 Å². The third-order valence-corrected chi connectivity index (χ3v) is 9.98. The Morgan fingerprint density at radius 3 is 1.87 bits per heavy atom. The fourth-order valence-electron chi connectivity index (χ4n) is 5.82. The lowest BCUT2D eigenvalue weighted by Gasteiger charge is -2.35. The van der Waals surface area contributed by atoms with Crippen LogP contribution in [0.1, 0.15) is 119 Å². The fraction of sp³-hybridized carbons (Fsp3) is 0.667. The number of nitrogens with zero attached hydrogens (tertiary/aromatic N) is 3. The minimum Gasteiger partial charge on any atom is -0.354 e. The quantitative estimate of drug-likeness (QED) is 0.0990. The molecule has 0 aliphatic carbocycles. The molecule has 0 spiro atoms. The Morgan fingerprint density at radius 2 is 1.33 bits per heavy atom. The van der Waals surface area contributed by atoms with Crippen molar-refractivity contribution in [3.8, 4) is 0 Å². The van der Waals surface area contributed by atoms with Gasteiger partial charge in [-0.15, -0.1) is 0 Å². The number of carbonyl (C=O) groups is 1. The number of unbranched alkanes of at least 4 members (excludes halogenated alkanes) is 13. The zero-order valence-corrected chi connectivity index (χ0v) is 28.8. The summed E-state index contributed by atoms with van der Waals surface area (Å²) in [6, 6.07) is 10.7. The minimum absolute atomic E-state index is 0.0276. The molecule has 0 radical (unpaired) electrons. The van der Waals surface area contributed by atoms with E-state index in [1.54, 1.807) is 30.5 Å². The molecule has 0 bridgehead atoms. The lowest BCUT2D eigenvalue weighted by atomic mass is 10.0. The number of anilines is 1. The summed E-state index contributed by atoms with van der Waals surface area (Å²) in [5, 5.41) is 3.05. The van der Waals surface area contributed by atoms with E-state index >= 15 is 0 Å². The van der Waals surface area contributed by atoms with Crippen molar-refractivity contribution < 1.29 is 17.4 Å². The molecule has 0 unspecified atom stereocenters. The van der Waals surface area contributed by atoms with Gasteiger partial charge >= 0.3 is 0 Å². The van der Waals surface area contributed by atoms with E-state index in [0.717, 1.165) is 82.8 Å². The second-order valence-corrected chi connectivity index (χ2v) is 14.1. The Labute approximate surface area is 273 Å². The van der Waals surface area contributed by atoms with Gasteiger partial charge in [-0.3, -0.25) is 13.9 Å². The number of hydrogen-bond acceptors (Lipinski definition) is 7. The van der Waals surface area contributed by atoms with Gasteiger partial charge in [-0.2, -0.15) is 8.42 Å². The molecular weight excluding hydrogens is 584 g/mol. The van der Waals surface area contributed by atoms with E-state index in [2.05, 4.69) is 27.0 Å². The van der Waals surface area contributed by atoms with E-state index in [4.69, 9.17) is 4.18 Å². The first-order valence-electron chi connectivity index (χ1n) is 17.6. The molecule has 8 nitrogen and oxygen atoms in total. The SMILES string of the molecule is CCCN1CCN(c2ccc(C(=O)NCCCCCCCCCCCCCCCCOS(=O)(=O)c3ccc(C)cc3)cn2)CC1. The van der Waals surface area contributed by atoms with Gasteiger partial charge in [-0.25, -0.2) is 4.98 Å². The van der Waals surface area contributed by atoms with Gasteiger partial charge in [0.05, 0.1) is 17.1 Å². The van der Waals surface area contributed by atoms with Gasteiger partial charge in [-0.05, 0) is 57.0 Å².